The monoisotopic (exact) mass is 809 g/mol. The average Bonchev–Trinajstić information content (AvgIpc) is 3.81. The Morgan fingerprint density at radius 2 is 1.24 bits per heavy atom. The Labute approximate surface area is 366 Å². The highest BCUT2D eigenvalue weighted by Crippen LogP contribution is 2.49. The van der Waals surface area contributed by atoms with Gasteiger partial charge in [0.05, 0.1) is 0 Å². The second-order valence-corrected chi connectivity index (χ2v) is 16.8. The lowest BCUT2D eigenvalue weighted by molar-refractivity contribution is 0.660. The van der Waals surface area contributed by atoms with Crippen LogP contribution >= 0.6 is 0 Å². The van der Waals surface area contributed by atoms with Crippen molar-refractivity contribution in [2.75, 3.05) is 5.32 Å². The summed E-state index contributed by atoms with van der Waals surface area (Å²) in [5, 5.41) is 21.9. The molecule has 300 valence electrons. The minimum Gasteiger partial charge on any atom is -0.456 e. The summed E-state index contributed by atoms with van der Waals surface area (Å²) in [5.74, 6) is 0.781. The molecule has 2 N–H and O–H groups in total. The minimum absolute atomic E-state index is 0.180. The van der Waals surface area contributed by atoms with Gasteiger partial charge in [-0.15, -0.1) is 0 Å². The molecular formula is C59H43N3O. The molecule has 0 radical (unpaired) electrons. The first kappa shape index (κ1) is 37.9. The predicted molar refractivity (Wildman–Crippen MR) is 266 cm³/mol. The summed E-state index contributed by atoms with van der Waals surface area (Å²) in [4.78, 5) is 5.03. The average molecular weight is 810 g/mol. The van der Waals surface area contributed by atoms with Gasteiger partial charge in [-0.05, 0) is 95.7 Å². The number of benzene rings is 9. The number of hydrogen-bond acceptors (Lipinski definition) is 2. The molecular weight excluding hydrogens is 767 g/mol. The summed E-state index contributed by atoms with van der Waals surface area (Å²) in [5.41, 5.74) is 12.1. The number of fused-ring (bicyclic) bond motifs is 9. The number of furan rings is 1. The number of rotatable bonds is 6. The molecule has 4 heteroatoms. The molecule has 1 aromatic heterocycles. The number of nitrogens with zero attached hydrogens (tertiary/aromatic N) is 1. The maximum atomic E-state index is 9.15. The number of aliphatic imine (C=N–C) groups is 1. The van der Waals surface area contributed by atoms with E-state index in [2.05, 4.69) is 183 Å². The molecule has 0 fully saturated rings. The van der Waals surface area contributed by atoms with Crippen LogP contribution in [-0.2, 0) is 5.41 Å². The Kier molecular flexibility index (Phi) is 9.10. The van der Waals surface area contributed by atoms with Crippen LogP contribution in [0.2, 0.25) is 0 Å². The molecule has 0 aliphatic heterocycles. The lowest BCUT2D eigenvalue weighted by atomic mass is 9.82. The number of para-hydroxylation sites is 1. The fourth-order valence-corrected chi connectivity index (χ4v) is 9.60. The van der Waals surface area contributed by atoms with Crippen molar-refractivity contribution in [2.45, 2.75) is 19.3 Å². The molecule has 63 heavy (non-hydrogen) atoms. The normalized spacial score (nSPS) is 13.6. The number of anilines is 1. The van der Waals surface area contributed by atoms with Gasteiger partial charge in [0.1, 0.15) is 17.0 Å². The fourth-order valence-electron chi connectivity index (χ4n) is 9.60. The Morgan fingerprint density at radius 1 is 0.571 bits per heavy atom. The topological polar surface area (TPSA) is 61.4 Å². The standard InChI is InChI=1S/C59H43N3O/c1-37-41-20-7-8-21-43(41)45-23-10-9-22-44(45)42(37)26-15-17-38-31-34-54-50(35-38)56-49(27-16-30-55(56)63-54)48-25-12-14-29-53(48)61-58(62-57(60)39-18-5-4-6-19-39)40-32-33-47-46-24-11-13-28-51(46)59(2,3)52(47)36-40/h4-36H,1H2,2-3H3,(H2,60,61,62)/b17-15+,42-26+. The third-order valence-electron chi connectivity index (χ3n) is 12.8. The first-order valence-corrected chi connectivity index (χ1v) is 21.4. The van der Waals surface area contributed by atoms with Crippen molar-refractivity contribution in [1.29, 1.82) is 5.41 Å². The van der Waals surface area contributed by atoms with Crippen molar-refractivity contribution < 1.29 is 4.42 Å². The minimum atomic E-state index is -0.192. The van der Waals surface area contributed by atoms with Crippen LogP contribution in [0, 0.1) is 5.41 Å². The van der Waals surface area contributed by atoms with Crippen LogP contribution in [0.3, 0.4) is 0 Å². The van der Waals surface area contributed by atoms with Gasteiger partial charge in [-0.25, -0.2) is 4.99 Å². The smallest absolute Gasteiger partial charge is 0.154 e. The Hall–Kier alpha value is -8.08. The molecule has 0 unspecified atom stereocenters. The van der Waals surface area contributed by atoms with Gasteiger partial charge < -0.3 is 9.73 Å². The zero-order valence-electron chi connectivity index (χ0n) is 35.1. The summed E-state index contributed by atoms with van der Waals surface area (Å²) >= 11 is 0. The Morgan fingerprint density at radius 3 is 2.06 bits per heavy atom. The molecule has 4 nitrogen and oxygen atoms in total. The SMILES string of the molecule is C=c1/c(=C\C=C\c2ccc3oc4cccc(-c5ccccc5N/C(=N\C(=N)c5ccccc5)c5ccc6c(c5)C(C)(C)c5ccccc5-6)c4c3c2)c2ccccc2c2ccccc12. The molecule has 11 rings (SSSR count). The van der Waals surface area contributed by atoms with Crippen molar-refractivity contribution in [3.8, 4) is 22.3 Å². The summed E-state index contributed by atoms with van der Waals surface area (Å²) in [6, 6.07) is 63.0. The van der Waals surface area contributed by atoms with Gasteiger partial charge in [-0.2, -0.15) is 0 Å². The Balaban J connectivity index is 1.00. The van der Waals surface area contributed by atoms with Gasteiger partial charge in [-0.1, -0.05) is 190 Å². The Bertz CT molecular complexity index is 3670. The largest absolute Gasteiger partial charge is 0.456 e. The van der Waals surface area contributed by atoms with Crippen molar-refractivity contribution in [3.05, 3.63) is 226 Å². The van der Waals surface area contributed by atoms with Gasteiger partial charge in [0.25, 0.3) is 0 Å². The van der Waals surface area contributed by atoms with E-state index < -0.39 is 0 Å². The van der Waals surface area contributed by atoms with Crippen LogP contribution < -0.4 is 15.8 Å². The molecule has 9 aromatic carbocycles. The highest BCUT2D eigenvalue weighted by atomic mass is 16.3. The summed E-state index contributed by atoms with van der Waals surface area (Å²) in [6.07, 6.45) is 6.46. The van der Waals surface area contributed by atoms with E-state index in [4.69, 9.17) is 14.8 Å². The zero-order valence-corrected chi connectivity index (χ0v) is 35.1. The molecule has 10 aromatic rings. The second kappa shape index (κ2) is 15.1. The van der Waals surface area contributed by atoms with Crippen LogP contribution in [0.5, 0.6) is 0 Å². The van der Waals surface area contributed by atoms with Gasteiger partial charge in [0, 0.05) is 38.6 Å². The summed E-state index contributed by atoms with van der Waals surface area (Å²) in [7, 11) is 0. The highest BCUT2D eigenvalue weighted by molar-refractivity contribution is 6.19. The predicted octanol–water partition coefficient (Wildman–Crippen LogP) is 13.7. The zero-order chi connectivity index (χ0) is 42.7. The van der Waals surface area contributed by atoms with E-state index in [1.807, 2.05) is 42.5 Å². The van der Waals surface area contributed by atoms with E-state index in [0.29, 0.717) is 5.84 Å². The number of hydrogen-bond donors (Lipinski definition) is 2. The molecule has 0 bridgehead atoms. The summed E-state index contributed by atoms with van der Waals surface area (Å²) < 4.78 is 6.52. The molecule has 1 heterocycles. The molecule has 1 aliphatic rings. The van der Waals surface area contributed by atoms with E-state index in [9.17, 15) is 0 Å². The molecule has 0 saturated heterocycles. The maximum Gasteiger partial charge on any atom is 0.154 e. The third kappa shape index (κ3) is 6.47. The molecule has 0 spiro atoms. The van der Waals surface area contributed by atoms with E-state index >= 15 is 0 Å². The van der Waals surface area contributed by atoms with Crippen LogP contribution in [0.1, 0.15) is 41.7 Å². The van der Waals surface area contributed by atoms with Crippen LogP contribution in [0.15, 0.2) is 197 Å². The first-order valence-electron chi connectivity index (χ1n) is 21.4. The van der Waals surface area contributed by atoms with Crippen LogP contribution in [0.25, 0.3) is 84.5 Å². The fraction of sp³-hybridized carbons (Fsp3) is 0.0508. The first-order chi connectivity index (χ1) is 30.8. The van der Waals surface area contributed by atoms with Crippen molar-refractivity contribution in [2.24, 2.45) is 4.99 Å². The van der Waals surface area contributed by atoms with Crippen molar-refractivity contribution in [1.82, 2.24) is 0 Å². The van der Waals surface area contributed by atoms with Gasteiger partial charge in [0.2, 0.25) is 0 Å². The highest BCUT2D eigenvalue weighted by Gasteiger charge is 2.35. The van der Waals surface area contributed by atoms with E-state index in [1.54, 1.807) is 0 Å². The van der Waals surface area contributed by atoms with Crippen LogP contribution in [-0.4, -0.2) is 11.7 Å². The van der Waals surface area contributed by atoms with Crippen molar-refractivity contribution >= 4 is 79.6 Å². The van der Waals surface area contributed by atoms with Gasteiger partial charge in [0.15, 0.2) is 5.84 Å². The third-order valence-corrected chi connectivity index (χ3v) is 12.8. The van der Waals surface area contributed by atoms with E-state index in [-0.39, 0.29) is 11.3 Å². The van der Waals surface area contributed by atoms with Gasteiger partial charge >= 0.3 is 0 Å². The molecule has 0 atom stereocenters. The quantitative estimate of drug-likeness (QED) is 0.0998. The number of nitrogens with one attached hydrogen (secondary N) is 2. The molecule has 1 aliphatic carbocycles. The van der Waals surface area contributed by atoms with Crippen molar-refractivity contribution in [3.63, 3.8) is 0 Å². The maximum absolute atomic E-state index is 9.15. The van der Waals surface area contributed by atoms with Gasteiger partial charge in [-0.3, -0.25) is 5.41 Å². The number of allylic oxidation sites excluding steroid dienone is 1. The van der Waals surface area contributed by atoms with Crippen LogP contribution in [0.4, 0.5) is 5.69 Å². The molecule has 0 amide bonds. The van der Waals surface area contributed by atoms with E-state index in [0.717, 1.165) is 65.9 Å². The lowest BCUT2D eigenvalue weighted by Crippen LogP contribution is -2.24. The summed E-state index contributed by atoms with van der Waals surface area (Å²) in [6.45, 7) is 9.10. The second-order valence-electron chi connectivity index (χ2n) is 16.8. The lowest BCUT2D eigenvalue weighted by Gasteiger charge is -2.22. The van der Waals surface area contributed by atoms with E-state index in [1.165, 1.54) is 43.8 Å². The molecule has 0 saturated carbocycles. The number of amidine groups is 2.